The molecule has 0 spiro atoms. The molecule has 3 aromatic carbocycles. The second-order valence-corrected chi connectivity index (χ2v) is 12.9. The lowest BCUT2D eigenvalue weighted by molar-refractivity contribution is -0.123. The number of carbonyl (C=O) groups excluding carboxylic acids is 1. The minimum Gasteiger partial charge on any atom is -0.487 e. The number of ketones is 1. The van der Waals surface area contributed by atoms with E-state index in [4.69, 9.17) is 26.3 Å². The summed E-state index contributed by atoms with van der Waals surface area (Å²) in [5.74, 6) is 0.309. The summed E-state index contributed by atoms with van der Waals surface area (Å²) in [6.45, 7) is 5.24. The Kier molecular flexibility index (Phi) is 9.04. The lowest BCUT2D eigenvalue weighted by Crippen LogP contribution is -2.21. The van der Waals surface area contributed by atoms with Crippen molar-refractivity contribution in [2.75, 3.05) is 6.61 Å². The molecule has 1 aliphatic rings. The van der Waals surface area contributed by atoms with Gasteiger partial charge in [0, 0.05) is 56.5 Å². The summed E-state index contributed by atoms with van der Waals surface area (Å²) >= 11 is 8.05. The summed E-state index contributed by atoms with van der Waals surface area (Å²) in [6.07, 6.45) is 2.63. The number of aromatic nitrogens is 2. The van der Waals surface area contributed by atoms with Crippen LogP contribution in [0.5, 0.6) is 5.75 Å². The Morgan fingerprint density at radius 1 is 1.09 bits per heavy atom. The molecule has 0 bridgehead atoms. The third-order valence-corrected chi connectivity index (χ3v) is 9.41. The summed E-state index contributed by atoms with van der Waals surface area (Å²) in [7, 11) is 0. The van der Waals surface area contributed by atoms with Crippen molar-refractivity contribution in [3.8, 4) is 22.9 Å². The van der Waals surface area contributed by atoms with Crippen LogP contribution in [0.25, 0.3) is 22.0 Å². The van der Waals surface area contributed by atoms with Gasteiger partial charge >= 0.3 is 0 Å². The highest BCUT2D eigenvalue weighted by molar-refractivity contribution is 8.00. The molecule has 0 fully saturated rings. The van der Waals surface area contributed by atoms with Gasteiger partial charge in [-0.2, -0.15) is 5.26 Å². The Hall–Kier alpha value is -4.09. The van der Waals surface area contributed by atoms with Crippen LogP contribution in [0, 0.1) is 11.3 Å². The summed E-state index contributed by atoms with van der Waals surface area (Å²) in [6, 6.07) is 28.1. The molecular formula is C36H32ClN3O3S. The van der Waals surface area contributed by atoms with Crippen LogP contribution in [-0.4, -0.2) is 33.3 Å². The standard InChI is InChI=1S/C36H32ClN3O3S/c1-23-18-30-34(43-22-29-13-10-27(20-39-29)26-6-4-3-5-7-26)15-14-31-35(30)36(44-23)32(16-17-42-24(2)33(41)19-38)40(31)21-25-8-11-28(37)12-9-25/h3-15,20,23-24H,16-18,21-22H2,1-2H3. The molecule has 6 nitrogen and oxygen atoms in total. The number of rotatable bonds is 11. The van der Waals surface area contributed by atoms with E-state index < -0.39 is 11.9 Å². The zero-order valence-electron chi connectivity index (χ0n) is 24.6. The highest BCUT2D eigenvalue weighted by Crippen LogP contribution is 2.47. The van der Waals surface area contributed by atoms with Crippen molar-refractivity contribution in [2.24, 2.45) is 0 Å². The fourth-order valence-corrected chi connectivity index (χ4v) is 7.14. The summed E-state index contributed by atoms with van der Waals surface area (Å²) in [5, 5.41) is 11.2. The lowest BCUT2D eigenvalue weighted by Gasteiger charge is -2.22. The van der Waals surface area contributed by atoms with Crippen molar-refractivity contribution >= 4 is 40.0 Å². The van der Waals surface area contributed by atoms with Crippen LogP contribution < -0.4 is 4.74 Å². The van der Waals surface area contributed by atoms with Gasteiger partial charge in [-0.25, -0.2) is 0 Å². The zero-order chi connectivity index (χ0) is 30.6. The molecule has 2 aromatic heterocycles. The second-order valence-electron chi connectivity index (χ2n) is 11.0. The average Bonchev–Trinajstić information content (AvgIpc) is 3.34. The van der Waals surface area contributed by atoms with Crippen molar-refractivity contribution in [2.45, 2.75) is 56.1 Å². The number of pyridine rings is 1. The molecule has 2 atom stereocenters. The van der Waals surface area contributed by atoms with E-state index in [2.05, 4.69) is 46.8 Å². The van der Waals surface area contributed by atoms with E-state index >= 15 is 0 Å². The third kappa shape index (κ3) is 6.39. The molecule has 3 heterocycles. The minimum absolute atomic E-state index is 0.330. The van der Waals surface area contributed by atoms with Crippen LogP contribution in [0.1, 0.15) is 36.4 Å². The molecule has 1 aliphatic heterocycles. The van der Waals surface area contributed by atoms with E-state index in [0.29, 0.717) is 36.5 Å². The van der Waals surface area contributed by atoms with Gasteiger partial charge in [-0.15, -0.1) is 11.8 Å². The first-order chi connectivity index (χ1) is 21.4. The second kappa shape index (κ2) is 13.3. The van der Waals surface area contributed by atoms with E-state index in [-0.39, 0.29) is 0 Å². The molecular weight excluding hydrogens is 590 g/mol. The third-order valence-electron chi connectivity index (χ3n) is 7.91. The zero-order valence-corrected chi connectivity index (χ0v) is 26.2. The first-order valence-corrected chi connectivity index (χ1v) is 15.9. The Labute approximate surface area is 266 Å². The molecule has 222 valence electrons. The van der Waals surface area contributed by atoms with Gasteiger partial charge in [0.05, 0.1) is 17.8 Å². The first kappa shape index (κ1) is 30.0. The van der Waals surface area contributed by atoms with Crippen LogP contribution in [0.4, 0.5) is 0 Å². The maximum absolute atomic E-state index is 11.8. The Morgan fingerprint density at radius 3 is 2.61 bits per heavy atom. The number of halogens is 1. The van der Waals surface area contributed by atoms with Crippen LogP contribution in [0.2, 0.25) is 5.02 Å². The normalized spacial score (nSPS) is 14.7. The molecule has 2 unspecified atom stereocenters. The molecule has 0 aliphatic carbocycles. The number of nitrogens with zero attached hydrogens (tertiary/aromatic N) is 3. The molecule has 6 rings (SSSR count). The van der Waals surface area contributed by atoms with Crippen LogP contribution >= 0.6 is 23.4 Å². The van der Waals surface area contributed by atoms with Gasteiger partial charge in [0.2, 0.25) is 0 Å². The molecule has 0 saturated carbocycles. The van der Waals surface area contributed by atoms with E-state index in [9.17, 15) is 4.79 Å². The van der Waals surface area contributed by atoms with Crippen LogP contribution in [0.15, 0.2) is 90.0 Å². The van der Waals surface area contributed by atoms with Crippen LogP contribution in [-0.2, 0) is 35.5 Å². The van der Waals surface area contributed by atoms with Crippen molar-refractivity contribution in [3.63, 3.8) is 0 Å². The van der Waals surface area contributed by atoms with Crippen LogP contribution in [0.3, 0.4) is 0 Å². The summed E-state index contributed by atoms with van der Waals surface area (Å²) in [4.78, 5) is 17.7. The van der Waals surface area contributed by atoms with Crippen molar-refractivity contribution in [1.29, 1.82) is 5.26 Å². The van der Waals surface area contributed by atoms with Gasteiger partial charge in [0.25, 0.3) is 5.78 Å². The van der Waals surface area contributed by atoms with E-state index in [1.165, 1.54) is 15.8 Å². The smallest absolute Gasteiger partial charge is 0.260 e. The van der Waals surface area contributed by atoms with Gasteiger partial charge < -0.3 is 14.0 Å². The Balaban J connectivity index is 1.32. The van der Waals surface area contributed by atoms with Crippen molar-refractivity contribution < 1.29 is 14.3 Å². The first-order valence-electron chi connectivity index (χ1n) is 14.7. The number of hydrogen-bond donors (Lipinski definition) is 0. The van der Waals surface area contributed by atoms with Crippen molar-refractivity contribution in [1.82, 2.24) is 9.55 Å². The fourth-order valence-electron chi connectivity index (χ4n) is 5.67. The number of Topliss-reactive ketones (excluding diaryl/α,β-unsaturated/α-hetero) is 1. The highest BCUT2D eigenvalue weighted by atomic mass is 35.5. The quantitative estimate of drug-likeness (QED) is 0.139. The molecule has 0 amide bonds. The lowest BCUT2D eigenvalue weighted by atomic mass is 10.0. The monoisotopic (exact) mass is 621 g/mol. The van der Waals surface area contributed by atoms with E-state index in [0.717, 1.165) is 45.8 Å². The van der Waals surface area contributed by atoms with Gasteiger partial charge in [-0.3, -0.25) is 9.78 Å². The van der Waals surface area contributed by atoms with E-state index in [1.807, 2.05) is 66.5 Å². The topological polar surface area (TPSA) is 77.1 Å². The number of benzene rings is 3. The molecule has 8 heteroatoms. The highest BCUT2D eigenvalue weighted by Gasteiger charge is 2.29. The molecule has 44 heavy (non-hydrogen) atoms. The number of carbonyl (C=O) groups is 1. The molecule has 0 N–H and O–H groups in total. The van der Waals surface area contributed by atoms with Gasteiger partial charge in [-0.1, -0.05) is 67.1 Å². The Morgan fingerprint density at radius 2 is 1.89 bits per heavy atom. The fraction of sp³-hybridized carbons (Fsp3) is 0.250. The number of ether oxygens (including phenoxy) is 2. The SMILES string of the molecule is CC1Cc2c(OCc3ccc(-c4ccccc4)cn3)ccc3c2c(c(CCOC(C)C(=O)C#N)n3Cc2ccc(Cl)cc2)S1. The van der Waals surface area contributed by atoms with Gasteiger partial charge in [0.1, 0.15) is 24.5 Å². The number of thioether (sulfide) groups is 1. The molecule has 0 saturated heterocycles. The minimum atomic E-state index is -0.761. The summed E-state index contributed by atoms with van der Waals surface area (Å²) in [5.41, 5.74) is 7.71. The van der Waals surface area contributed by atoms with E-state index in [1.54, 1.807) is 13.0 Å². The average molecular weight is 622 g/mol. The predicted molar refractivity (Wildman–Crippen MR) is 175 cm³/mol. The van der Waals surface area contributed by atoms with Gasteiger partial charge in [0.15, 0.2) is 0 Å². The van der Waals surface area contributed by atoms with Gasteiger partial charge in [-0.05, 0) is 54.8 Å². The molecule has 5 aromatic rings. The maximum atomic E-state index is 11.8. The maximum Gasteiger partial charge on any atom is 0.260 e. The predicted octanol–water partition coefficient (Wildman–Crippen LogP) is 8.06. The largest absolute Gasteiger partial charge is 0.487 e. The summed E-state index contributed by atoms with van der Waals surface area (Å²) < 4.78 is 14.6. The Bertz CT molecular complexity index is 1830. The number of nitriles is 1. The molecule has 0 radical (unpaired) electrons. The van der Waals surface area contributed by atoms with Crippen molar-refractivity contribution in [3.05, 3.63) is 113 Å². The number of hydrogen-bond acceptors (Lipinski definition) is 6.